The van der Waals surface area contributed by atoms with Crippen LogP contribution in [0.5, 0.6) is 0 Å². The van der Waals surface area contributed by atoms with Gasteiger partial charge in [-0.25, -0.2) is 4.79 Å². The Morgan fingerprint density at radius 1 is 0.806 bits per heavy atom. The Balaban J connectivity index is 1.38. The second-order valence-electron chi connectivity index (χ2n) is 8.93. The highest BCUT2D eigenvalue weighted by molar-refractivity contribution is 5.84. The van der Waals surface area contributed by atoms with Crippen LogP contribution in [0.2, 0.25) is 0 Å². The number of fused-ring (bicyclic) bond motifs is 1. The number of rotatable bonds is 8. The number of hydrogen-bond acceptors (Lipinski definition) is 3. The maximum Gasteiger partial charge on any atom is 0.329 e. The minimum atomic E-state index is -0.360. The maximum atomic E-state index is 12.7. The van der Waals surface area contributed by atoms with Crippen LogP contribution in [0.3, 0.4) is 0 Å². The number of nitrogens with zero attached hydrogens (tertiary/aromatic N) is 2. The molecule has 0 radical (unpaired) electrons. The summed E-state index contributed by atoms with van der Waals surface area (Å²) in [5.41, 5.74) is 5.49. The zero-order valence-corrected chi connectivity index (χ0v) is 20.2. The van der Waals surface area contributed by atoms with E-state index >= 15 is 0 Å². The van der Waals surface area contributed by atoms with Gasteiger partial charge in [-0.3, -0.25) is 4.79 Å². The number of aryl methyl sites for hydroxylation is 2. The van der Waals surface area contributed by atoms with E-state index in [1.54, 1.807) is 12.3 Å². The second-order valence-corrected chi connectivity index (χ2v) is 8.93. The molecular formula is C31H28N2O3. The maximum absolute atomic E-state index is 12.7. The lowest BCUT2D eigenvalue weighted by atomic mass is 9.86. The van der Waals surface area contributed by atoms with Gasteiger partial charge in [0.15, 0.2) is 0 Å². The molecular weight excluding hydrogens is 448 g/mol. The molecule has 0 saturated heterocycles. The van der Waals surface area contributed by atoms with Crippen molar-refractivity contribution in [2.24, 2.45) is 0 Å². The highest BCUT2D eigenvalue weighted by Crippen LogP contribution is 2.31. The van der Waals surface area contributed by atoms with E-state index in [-0.39, 0.29) is 17.4 Å². The monoisotopic (exact) mass is 476 g/mol. The van der Waals surface area contributed by atoms with Crippen LogP contribution >= 0.6 is 0 Å². The van der Waals surface area contributed by atoms with Gasteiger partial charge in [0.25, 0.3) is 5.56 Å². The molecule has 180 valence electrons. The molecule has 5 rings (SSSR count). The predicted molar refractivity (Wildman–Crippen MR) is 142 cm³/mol. The molecule has 0 aliphatic heterocycles. The Labute approximate surface area is 210 Å². The molecule has 0 fully saturated rings. The van der Waals surface area contributed by atoms with E-state index in [2.05, 4.69) is 54.6 Å². The number of carbonyl (C=O) groups excluding carboxylic acids is 1. The number of benzene rings is 3. The highest BCUT2D eigenvalue weighted by Gasteiger charge is 2.17. The van der Waals surface area contributed by atoms with Gasteiger partial charge in [0.05, 0.1) is 5.52 Å². The van der Waals surface area contributed by atoms with Crippen molar-refractivity contribution >= 4 is 16.9 Å². The van der Waals surface area contributed by atoms with Crippen LogP contribution in [0, 0.1) is 0 Å². The summed E-state index contributed by atoms with van der Waals surface area (Å²) in [5, 5.41) is 1.05. The van der Waals surface area contributed by atoms with Crippen molar-refractivity contribution in [3.05, 3.63) is 142 Å². The second kappa shape index (κ2) is 10.5. The van der Waals surface area contributed by atoms with Crippen LogP contribution in [-0.2, 0) is 17.8 Å². The van der Waals surface area contributed by atoms with Crippen LogP contribution < -0.4 is 10.4 Å². The quantitative estimate of drug-likeness (QED) is 0.293. The molecule has 0 amide bonds. The first-order valence-electron chi connectivity index (χ1n) is 12.2. The summed E-state index contributed by atoms with van der Waals surface area (Å²) in [4.78, 5) is 29.4. The molecule has 5 nitrogen and oxygen atoms in total. The van der Waals surface area contributed by atoms with E-state index in [0.29, 0.717) is 6.54 Å². The molecule has 3 aromatic carbocycles. The minimum Gasteiger partial charge on any atom is -0.337 e. The van der Waals surface area contributed by atoms with Crippen molar-refractivity contribution in [3.63, 3.8) is 0 Å². The molecule has 0 atom stereocenters. The van der Waals surface area contributed by atoms with E-state index in [9.17, 15) is 9.59 Å². The third kappa shape index (κ3) is 5.01. The molecule has 0 aliphatic rings. The van der Waals surface area contributed by atoms with E-state index < -0.39 is 0 Å². The summed E-state index contributed by atoms with van der Waals surface area (Å²) in [7, 11) is 0. The minimum absolute atomic E-state index is 0.00200. The fraction of sp³-hybridized carbons (Fsp3) is 0.161. The summed E-state index contributed by atoms with van der Waals surface area (Å²) < 4.78 is 3.32. The molecule has 2 aromatic heterocycles. The number of hydrogen-bond donors (Lipinski definition) is 0. The van der Waals surface area contributed by atoms with Crippen molar-refractivity contribution in [2.75, 3.05) is 0 Å². The SMILES string of the molecule is CC(=O)On1ccc2c(CCCn3cc(C(c4ccccc4)c4ccccc4)ccc3=O)cccc21. The lowest BCUT2D eigenvalue weighted by molar-refractivity contribution is -0.140. The first-order chi connectivity index (χ1) is 17.6. The molecule has 5 aromatic rings. The largest absolute Gasteiger partial charge is 0.337 e. The lowest BCUT2D eigenvalue weighted by Gasteiger charge is -2.20. The average Bonchev–Trinajstić information content (AvgIpc) is 3.30. The number of pyridine rings is 1. The lowest BCUT2D eigenvalue weighted by Crippen LogP contribution is -2.20. The van der Waals surface area contributed by atoms with Crippen molar-refractivity contribution in [1.29, 1.82) is 0 Å². The number of aromatic nitrogens is 2. The molecule has 0 saturated carbocycles. The Morgan fingerprint density at radius 3 is 2.17 bits per heavy atom. The van der Waals surface area contributed by atoms with Crippen molar-refractivity contribution in [2.45, 2.75) is 32.2 Å². The van der Waals surface area contributed by atoms with E-state index in [0.717, 1.165) is 34.9 Å². The van der Waals surface area contributed by atoms with Gasteiger partial charge >= 0.3 is 5.97 Å². The van der Waals surface area contributed by atoms with Gasteiger partial charge in [-0.05, 0) is 47.2 Å². The zero-order valence-electron chi connectivity index (χ0n) is 20.2. The van der Waals surface area contributed by atoms with Crippen molar-refractivity contribution < 1.29 is 9.63 Å². The van der Waals surface area contributed by atoms with E-state index in [4.69, 9.17) is 4.84 Å². The van der Waals surface area contributed by atoms with Crippen LogP contribution in [0.4, 0.5) is 0 Å². The fourth-order valence-electron chi connectivity index (χ4n) is 4.85. The summed E-state index contributed by atoms with van der Waals surface area (Å²) in [5.74, 6) is -0.310. The van der Waals surface area contributed by atoms with E-state index in [1.807, 2.05) is 47.2 Å². The standard InChI is InChI=1S/C31H28N2O3/c1-23(34)36-33-21-19-28-24(14-8-16-29(28)33)15-9-20-32-22-27(17-18-30(32)35)31(25-10-4-2-5-11-25)26-12-6-3-7-13-26/h2-8,10-14,16-19,21-22,31H,9,15,20H2,1H3. The molecule has 0 aliphatic carbocycles. The van der Waals surface area contributed by atoms with Crippen LogP contribution in [0.25, 0.3) is 10.9 Å². The summed E-state index contributed by atoms with van der Waals surface area (Å²) >= 11 is 0. The topological polar surface area (TPSA) is 53.2 Å². The van der Waals surface area contributed by atoms with Gasteiger partial charge in [-0.15, -0.1) is 0 Å². The first-order valence-corrected chi connectivity index (χ1v) is 12.2. The van der Waals surface area contributed by atoms with Gasteiger partial charge in [0, 0.05) is 43.2 Å². The van der Waals surface area contributed by atoms with Crippen molar-refractivity contribution in [3.8, 4) is 0 Å². The third-order valence-electron chi connectivity index (χ3n) is 6.46. The van der Waals surface area contributed by atoms with Crippen LogP contribution in [0.1, 0.15) is 41.5 Å². The Bertz CT molecular complexity index is 1500. The molecule has 0 spiro atoms. The molecule has 5 heteroatoms. The van der Waals surface area contributed by atoms with Gasteiger partial charge in [0.2, 0.25) is 0 Å². The molecule has 36 heavy (non-hydrogen) atoms. The fourth-order valence-corrected chi connectivity index (χ4v) is 4.85. The molecule has 0 N–H and O–H groups in total. The first kappa shape index (κ1) is 23.4. The zero-order chi connectivity index (χ0) is 24.9. The third-order valence-corrected chi connectivity index (χ3v) is 6.46. The van der Waals surface area contributed by atoms with Crippen LogP contribution in [-0.4, -0.2) is 15.3 Å². The van der Waals surface area contributed by atoms with E-state index in [1.165, 1.54) is 22.8 Å². The summed E-state index contributed by atoms with van der Waals surface area (Å²) in [6, 6.07) is 32.4. The van der Waals surface area contributed by atoms with Crippen molar-refractivity contribution in [1.82, 2.24) is 9.30 Å². The highest BCUT2D eigenvalue weighted by atomic mass is 16.7. The van der Waals surface area contributed by atoms with Crippen LogP contribution in [0.15, 0.2) is 114 Å². The summed E-state index contributed by atoms with van der Waals surface area (Å²) in [6.45, 7) is 2.01. The van der Waals surface area contributed by atoms with Gasteiger partial charge < -0.3 is 9.40 Å². The Hall–Kier alpha value is -4.38. The van der Waals surface area contributed by atoms with Gasteiger partial charge in [-0.2, -0.15) is 4.73 Å². The number of carbonyl (C=O) groups is 1. The normalized spacial score (nSPS) is 11.2. The summed E-state index contributed by atoms with van der Waals surface area (Å²) in [6.07, 6.45) is 5.38. The molecule has 0 unspecified atom stereocenters. The molecule has 0 bridgehead atoms. The Kier molecular flexibility index (Phi) is 6.80. The average molecular weight is 477 g/mol. The Morgan fingerprint density at radius 2 is 1.50 bits per heavy atom. The smallest absolute Gasteiger partial charge is 0.329 e. The van der Waals surface area contributed by atoms with Gasteiger partial charge in [0.1, 0.15) is 0 Å². The van der Waals surface area contributed by atoms with Gasteiger partial charge in [-0.1, -0.05) is 78.9 Å². The molecule has 2 heterocycles. The predicted octanol–water partition coefficient (Wildman–Crippen LogP) is 5.59.